The van der Waals surface area contributed by atoms with E-state index >= 15 is 0 Å². The van der Waals surface area contributed by atoms with E-state index in [0.717, 1.165) is 42.8 Å². The summed E-state index contributed by atoms with van der Waals surface area (Å²) in [6.07, 6.45) is 1.42. The molecule has 0 aliphatic carbocycles. The molecule has 9 heteroatoms. The molecule has 2 N–H and O–H groups in total. The summed E-state index contributed by atoms with van der Waals surface area (Å²) in [6, 6.07) is 3.55. The van der Waals surface area contributed by atoms with Gasteiger partial charge in [0.25, 0.3) is 5.91 Å². The number of hydrogen-bond acceptors (Lipinski definition) is 3. The number of amides is 1. The Kier molecular flexibility index (Phi) is 5.26. The van der Waals surface area contributed by atoms with Gasteiger partial charge in [0.15, 0.2) is 6.54 Å². The summed E-state index contributed by atoms with van der Waals surface area (Å²) in [7, 11) is 0. The van der Waals surface area contributed by atoms with Crippen LogP contribution in [0.2, 0.25) is 0 Å². The maximum atomic E-state index is 13.1. The van der Waals surface area contributed by atoms with E-state index in [0.29, 0.717) is 11.7 Å². The molecule has 3 rings (SSSR count). The molecule has 0 bridgehead atoms. The molecule has 0 radical (unpaired) electrons. The van der Waals surface area contributed by atoms with Crippen molar-refractivity contribution in [3.05, 3.63) is 36.4 Å². The van der Waals surface area contributed by atoms with Crippen LogP contribution in [0.4, 0.5) is 18.9 Å². The Labute approximate surface area is 149 Å². The number of carbonyl (C=O) groups is 1. The van der Waals surface area contributed by atoms with E-state index in [1.54, 1.807) is 0 Å². The van der Waals surface area contributed by atoms with Crippen LogP contribution in [0.15, 0.2) is 30.9 Å². The van der Waals surface area contributed by atoms with Crippen molar-refractivity contribution < 1.29 is 22.9 Å². The summed E-state index contributed by atoms with van der Waals surface area (Å²) >= 11 is 0. The summed E-state index contributed by atoms with van der Waals surface area (Å²) in [5, 5.41) is 6.57. The third kappa shape index (κ3) is 4.21. The predicted octanol–water partition coefficient (Wildman–Crippen LogP) is 1.68. The smallest absolute Gasteiger partial charge is 0.325 e. The number of rotatable bonds is 4. The van der Waals surface area contributed by atoms with Crippen LogP contribution in [0.5, 0.6) is 0 Å². The van der Waals surface area contributed by atoms with Crippen LogP contribution in [0.3, 0.4) is 0 Å². The SMILES string of the molecule is C[C@H]1CCCC[NH+]1CC(=O)Nc1cc(C(F)(F)F)ccc1-n1cncn1. The highest BCUT2D eigenvalue weighted by molar-refractivity contribution is 5.93. The van der Waals surface area contributed by atoms with Gasteiger partial charge in [0, 0.05) is 0 Å². The molecule has 0 spiro atoms. The van der Waals surface area contributed by atoms with Crippen molar-refractivity contribution in [3.63, 3.8) is 0 Å². The molecule has 140 valence electrons. The first-order valence-electron chi connectivity index (χ1n) is 8.55. The third-order valence-corrected chi connectivity index (χ3v) is 4.73. The van der Waals surface area contributed by atoms with Crippen LogP contribution in [0.1, 0.15) is 31.7 Å². The summed E-state index contributed by atoms with van der Waals surface area (Å²) in [5.74, 6) is -0.311. The fourth-order valence-electron chi connectivity index (χ4n) is 3.26. The molecule has 1 saturated heterocycles. The van der Waals surface area contributed by atoms with E-state index in [9.17, 15) is 18.0 Å². The minimum Gasteiger partial charge on any atom is -0.325 e. The van der Waals surface area contributed by atoms with Crippen LogP contribution in [-0.2, 0) is 11.0 Å². The standard InChI is InChI=1S/C17H20F3N5O/c1-12-4-2-3-7-24(12)9-16(26)23-14-8-13(17(18,19)20)5-6-15(14)25-11-21-10-22-25/h5-6,8,10-12H,2-4,7,9H2,1H3,(H,23,26)/p+1/t12-/m0/s1. The molecule has 0 saturated carbocycles. The van der Waals surface area contributed by atoms with Gasteiger partial charge in [-0.25, -0.2) is 9.67 Å². The first-order valence-corrected chi connectivity index (χ1v) is 8.55. The molecular formula is C17H21F3N5O+. The maximum Gasteiger partial charge on any atom is 0.416 e. The van der Waals surface area contributed by atoms with Crippen molar-refractivity contribution in [1.82, 2.24) is 14.8 Å². The lowest BCUT2D eigenvalue weighted by Crippen LogP contribution is -3.17. The summed E-state index contributed by atoms with van der Waals surface area (Å²) in [6.45, 7) is 3.22. The van der Waals surface area contributed by atoms with Gasteiger partial charge >= 0.3 is 6.18 Å². The Morgan fingerprint density at radius 2 is 2.19 bits per heavy atom. The number of alkyl halides is 3. The van der Waals surface area contributed by atoms with Gasteiger partial charge in [0.1, 0.15) is 12.7 Å². The Hall–Kier alpha value is -2.42. The lowest BCUT2D eigenvalue weighted by atomic mass is 10.0. The van der Waals surface area contributed by atoms with Crippen molar-refractivity contribution in [2.45, 2.75) is 38.4 Å². The van der Waals surface area contributed by atoms with Crippen molar-refractivity contribution in [2.24, 2.45) is 0 Å². The lowest BCUT2D eigenvalue weighted by molar-refractivity contribution is -0.920. The van der Waals surface area contributed by atoms with E-state index in [1.807, 2.05) is 0 Å². The average Bonchev–Trinajstić information content (AvgIpc) is 3.10. The predicted molar refractivity (Wildman–Crippen MR) is 89.0 cm³/mol. The molecule has 2 aromatic rings. The third-order valence-electron chi connectivity index (χ3n) is 4.73. The van der Waals surface area contributed by atoms with Gasteiger partial charge in [-0.2, -0.15) is 18.3 Å². The molecule has 1 aromatic carbocycles. The summed E-state index contributed by atoms with van der Waals surface area (Å²) in [4.78, 5) is 17.4. The molecule has 6 nitrogen and oxygen atoms in total. The minimum absolute atomic E-state index is 0.0689. The molecule has 1 aliphatic heterocycles. The highest BCUT2D eigenvalue weighted by Crippen LogP contribution is 2.33. The van der Waals surface area contributed by atoms with Crippen molar-refractivity contribution >= 4 is 11.6 Å². The molecule has 2 atom stereocenters. The number of hydrogen-bond donors (Lipinski definition) is 2. The van der Waals surface area contributed by atoms with Crippen LogP contribution in [0, 0.1) is 0 Å². The highest BCUT2D eigenvalue weighted by atomic mass is 19.4. The Balaban J connectivity index is 1.83. The largest absolute Gasteiger partial charge is 0.416 e. The number of halogens is 3. The second-order valence-corrected chi connectivity index (χ2v) is 6.60. The fraction of sp³-hybridized carbons (Fsp3) is 0.471. The van der Waals surface area contributed by atoms with Crippen molar-refractivity contribution in [3.8, 4) is 5.69 Å². The number of quaternary nitrogens is 1. The first kappa shape index (κ1) is 18.4. The molecule has 1 fully saturated rings. The molecule has 1 unspecified atom stereocenters. The van der Waals surface area contributed by atoms with Gasteiger partial charge < -0.3 is 10.2 Å². The van der Waals surface area contributed by atoms with Crippen molar-refractivity contribution in [1.29, 1.82) is 0 Å². The van der Waals surface area contributed by atoms with Gasteiger partial charge in [-0.05, 0) is 44.4 Å². The number of carbonyl (C=O) groups excluding carboxylic acids is 1. The Morgan fingerprint density at radius 3 is 2.85 bits per heavy atom. The molecule has 1 amide bonds. The zero-order valence-corrected chi connectivity index (χ0v) is 14.4. The first-order chi connectivity index (χ1) is 12.3. The molecule has 26 heavy (non-hydrogen) atoms. The molecule has 2 heterocycles. The normalized spacial score (nSPS) is 20.8. The average molecular weight is 368 g/mol. The number of benzene rings is 1. The number of anilines is 1. The number of likely N-dealkylation sites (tertiary alicyclic amines) is 1. The van der Waals surface area contributed by atoms with Gasteiger partial charge in [0.2, 0.25) is 0 Å². The second-order valence-electron chi connectivity index (χ2n) is 6.60. The topological polar surface area (TPSA) is 64.2 Å². The van der Waals surface area contributed by atoms with Crippen molar-refractivity contribution in [2.75, 3.05) is 18.4 Å². The zero-order chi connectivity index (χ0) is 18.7. The Morgan fingerprint density at radius 1 is 1.38 bits per heavy atom. The highest BCUT2D eigenvalue weighted by Gasteiger charge is 2.32. The summed E-state index contributed by atoms with van der Waals surface area (Å²) < 4.78 is 40.5. The fourth-order valence-corrected chi connectivity index (χ4v) is 3.26. The maximum absolute atomic E-state index is 13.1. The lowest BCUT2D eigenvalue weighted by Gasteiger charge is -2.29. The van der Waals surface area contributed by atoms with E-state index in [4.69, 9.17) is 0 Å². The number of aromatic nitrogens is 3. The van der Waals surface area contributed by atoms with E-state index < -0.39 is 11.7 Å². The van der Waals surface area contributed by atoms with Gasteiger partial charge in [-0.15, -0.1) is 0 Å². The number of nitrogens with zero attached hydrogens (tertiary/aromatic N) is 3. The van der Waals surface area contributed by atoms with Gasteiger partial charge in [-0.1, -0.05) is 0 Å². The molecular weight excluding hydrogens is 347 g/mol. The van der Waals surface area contributed by atoms with Crippen LogP contribution < -0.4 is 10.2 Å². The zero-order valence-electron chi connectivity index (χ0n) is 14.4. The van der Waals surface area contributed by atoms with Gasteiger partial charge in [0.05, 0.1) is 29.5 Å². The molecule has 1 aromatic heterocycles. The monoisotopic (exact) mass is 368 g/mol. The van der Waals surface area contributed by atoms with Crippen LogP contribution in [0.25, 0.3) is 5.69 Å². The van der Waals surface area contributed by atoms with E-state index in [1.165, 1.54) is 23.4 Å². The minimum atomic E-state index is -4.49. The quantitative estimate of drug-likeness (QED) is 0.863. The van der Waals surface area contributed by atoms with E-state index in [-0.39, 0.29) is 18.1 Å². The number of piperidine rings is 1. The van der Waals surface area contributed by atoms with Gasteiger partial charge in [-0.3, -0.25) is 4.79 Å². The van der Waals surface area contributed by atoms with Crippen LogP contribution >= 0.6 is 0 Å². The second kappa shape index (κ2) is 7.45. The molecule has 1 aliphatic rings. The number of nitrogens with one attached hydrogen (secondary N) is 2. The summed E-state index contributed by atoms with van der Waals surface area (Å²) in [5.41, 5.74) is -0.416. The van der Waals surface area contributed by atoms with E-state index in [2.05, 4.69) is 22.3 Å². The van der Waals surface area contributed by atoms with Crippen LogP contribution in [-0.4, -0.2) is 39.8 Å². The Bertz CT molecular complexity index is 760.